The third-order valence-corrected chi connectivity index (χ3v) is 2.40. The van der Waals surface area contributed by atoms with Gasteiger partial charge in [-0.3, -0.25) is 10.3 Å². The molecule has 17 heavy (non-hydrogen) atoms. The van der Waals surface area contributed by atoms with Crippen LogP contribution in [-0.4, -0.2) is 37.4 Å². The van der Waals surface area contributed by atoms with Crippen LogP contribution < -0.4 is 5.32 Å². The van der Waals surface area contributed by atoms with Crippen molar-refractivity contribution in [2.75, 3.05) is 14.1 Å². The van der Waals surface area contributed by atoms with Gasteiger partial charge in [-0.2, -0.15) is 17.6 Å². The van der Waals surface area contributed by atoms with E-state index in [0.717, 1.165) is 0 Å². The third-order valence-electron chi connectivity index (χ3n) is 2.40. The van der Waals surface area contributed by atoms with E-state index in [0.29, 0.717) is 14.1 Å². The molecule has 1 unspecified atom stereocenters. The Kier molecular flexibility index (Phi) is 3.02. The molecule has 0 saturated carbocycles. The van der Waals surface area contributed by atoms with E-state index in [-0.39, 0.29) is 0 Å². The van der Waals surface area contributed by atoms with Crippen LogP contribution in [0, 0.1) is 0 Å². The molecule has 1 aliphatic rings. The first-order valence-corrected chi connectivity index (χ1v) is 4.24. The van der Waals surface area contributed by atoms with E-state index in [1.54, 1.807) is 0 Å². The molecule has 0 radical (unpaired) electrons. The van der Waals surface area contributed by atoms with Crippen molar-refractivity contribution in [3.8, 4) is 0 Å². The van der Waals surface area contributed by atoms with Gasteiger partial charge in [0.2, 0.25) is 5.83 Å². The Labute approximate surface area is 91.2 Å². The second-order valence-electron chi connectivity index (χ2n) is 3.26. The van der Waals surface area contributed by atoms with Gasteiger partial charge in [-0.15, -0.1) is 0 Å². The molecule has 1 aliphatic carbocycles. The number of rotatable bonds is 1. The van der Waals surface area contributed by atoms with Crippen molar-refractivity contribution in [3.05, 3.63) is 11.7 Å². The van der Waals surface area contributed by atoms with Gasteiger partial charge in [-0.25, -0.2) is 13.2 Å². The predicted octanol–water partition coefficient (Wildman–Crippen LogP) is 2.38. The maximum absolute atomic E-state index is 13.8. The summed E-state index contributed by atoms with van der Waals surface area (Å²) in [5, 5.41) is 1.21. The molecule has 0 spiro atoms. The van der Waals surface area contributed by atoms with Crippen molar-refractivity contribution in [2.45, 2.75) is 17.6 Å². The zero-order valence-corrected chi connectivity index (χ0v) is 8.59. The Balaban J connectivity index is 3.67. The molecule has 1 atom stereocenters. The molecule has 0 heterocycles. The fraction of sp³-hybridized carbons (Fsp3) is 0.625. The van der Waals surface area contributed by atoms with E-state index in [9.17, 15) is 30.7 Å². The van der Waals surface area contributed by atoms with Crippen molar-refractivity contribution in [1.82, 2.24) is 5.32 Å². The zero-order valence-electron chi connectivity index (χ0n) is 8.59. The summed E-state index contributed by atoms with van der Waals surface area (Å²) in [5.74, 6) is -20.9. The van der Waals surface area contributed by atoms with Gasteiger partial charge in [0.05, 0.1) is 0 Å². The summed E-state index contributed by atoms with van der Waals surface area (Å²) in [6, 6.07) is 0. The maximum atomic E-state index is 13.8. The molecule has 0 bridgehead atoms. The number of aliphatic imine (C=N–C) groups is 1. The van der Waals surface area contributed by atoms with Crippen LogP contribution >= 0.6 is 0 Å². The summed E-state index contributed by atoms with van der Waals surface area (Å²) in [6.07, 6.45) is 0. The van der Waals surface area contributed by atoms with Crippen LogP contribution in [0.4, 0.5) is 30.7 Å². The molecule has 0 aromatic heterocycles. The fourth-order valence-corrected chi connectivity index (χ4v) is 1.42. The summed E-state index contributed by atoms with van der Waals surface area (Å²) in [7, 11) is 1.24. The second-order valence-corrected chi connectivity index (χ2v) is 3.26. The summed E-state index contributed by atoms with van der Waals surface area (Å²) in [5.41, 5.74) is -1.74. The lowest BCUT2D eigenvalue weighted by Crippen LogP contribution is -2.69. The van der Waals surface area contributed by atoms with Gasteiger partial charge < -0.3 is 0 Å². The Hall–Kier alpha value is -1.12. The second kappa shape index (κ2) is 3.69. The number of allylic oxidation sites excluding steroid dienone is 1. The molecule has 2 nitrogen and oxygen atoms in total. The first-order valence-electron chi connectivity index (χ1n) is 4.24. The molecule has 1 N–H and O–H groups in total. The third kappa shape index (κ3) is 1.41. The van der Waals surface area contributed by atoms with Crippen molar-refractivity contribution in [3.63, 3.8) is 0 Å². The number of hydrogen-bond donors (Lipinski definition) is 1. The van der Waals surface area contributed by atoms with E-state index in [4.69, 9.17) is 0 Å². The van der Waals surface area contributed by atoms with Crippen LogP contribution in [-0.2, 0) is 0 Å². The predicted molar refractivity (Wildman–Crippen MR) is 45.4 cm³/mol. The number of nitrogens with one attached hydrogen (secondary N) is 1. The SMILES string of the molecule is CN=C1C(F)=C(F)C(F)(F)C(F)(F)C1(F)NC. The quantitative estimate of drug-likeness (QED) is 0.570. The topological polar surface area (TPSA) is 24.4 Å². The molecule has 0 fully saturated rings. The van der Waals surface area contributed by atoms with Crippen LogP contribution in [0.2, 0.25) is 0 Å². The largest absolute Gasteiger partial charge is 0.369 e. The highest BCUT2D eigenvalue weighted by Crippen LogP contribution is 2.53. The van der Waals surface area contributed by atoms with E-state index in [2.05, 4.69) is 4.99 Å². The van der Waals surface area contributed by atoms with E-state index >= 15 is 0 Å². The maximum Gasteiger partial charge on any atom is 0.369 e. The normalized spacial score (nSPS) is 34.3. The van der Waals surface area contributed by atoms with Gasteiger partial charge in [-0.05, 0) is 7.05 Å². The summed E-state index contributed by atoms with van der Waals surface area (Å²) >= 11 is 0. The lowest BCUT2D eigenvalue weighted by Gasteiger charge is -2.40. The molecule has 98 valence electrons. The van der Waals surface area contributed by atoms with Gasteiger partial charge >= 0.3 is 11.8 Å². The van der Waals surface area contributed by atoms with Gasteiger partial charge in [0, 0.05) is 7.05 Å². The Morgan fingerprint density at radius 1 is 1.06 bits per heavy atom. The summed E-state index contributed by atoms with van der Waals surface area (Å²) < 4.78 is 91.6. The minimum Gasteiger partial charge on any atom is -0.285 e. The summed E-state index contributed by atoms with van der Waals surface area (Å²) in [4.78, 5) is 2.76. The number of halogens is 7. The van der Waals surface area contributed by atoms with Crippen LogP contribution in [0.3, 0.4) is 0 Å². The minimum atomic E-state index is -5.59. The van der Waals surface area contributed by atoms with Gasteiger partial charge in [0.25, 0.3) is 5.79 Å². The lowest BCUT2D eigenvalue weighted by atomic mass is 9.88. The highest BCUT2D eigenvalue weighted by Gasteiger charge is 2.78. The zero-order chi connectivity index (χ0) is 13.6. The highest BCUT2D eigenvalue weighted by molar-refractivity contribution is 6.07. The van der Waals surface area contributed by atoms with Crippen LogP contribution in [0.5, 0.6) is 0 Å². The average Bonchev–Trinajstić information content (AvgIpc) is 2.26. The standard InChI is InChI=1S/C8H7F7N2/c1-16-5-3(9)4(10)6(11,12)8(14,15)7(5,13)17-2/h17H,1-2H3. The molecular weight excluding hydrogens is 257 g/mol. The highest BCUT2D eigenvalue weighted by atomic mass is 19.3. The molecule has 9 heteroatoms. The van der Waals surface area contributed by atoms with Crippen LogP contribution in [0.15, 0.2) is 16.6 Å². The van der Waals surface area contributed by atoms with Crippen molar-refractivity contribution in [1.29, 1.82) is 0 Å². The Morgan fingerprint density at radius 3 is 1.88 bits per heavy atom. The van der Waals surface area contributed by atoms with Crippen molar-refractivity contribution >= 4 is 5.71 Å². The van der Waals surface area contributed by atoms with Gasteiger partial charge in [-0.1, -0.05) is 0 Å². The number of alkyl halides is 5. The van der Waals surface area contributed by atoms with Crippen LogP contribution in [0.25, 0.3) is 0 Å². The molecule has 0 aromatic carbocycles. The van der Waals surface area contributed by atoms with Gasteiger partial charge in [0.1, 0.15) is 5.71 Å². The Bertz CT molecular complexity index is 401. The lowest BCUT2D eigenvalue weighted by molar-refractivity contribution is -0.253. The van der Waals surface area contributed by atoms with Crippen molar-refractivity contribution in [2.24, 2.45) is 4.99 Å². The number of nitrogens with zero attached hydrogens (tertiary/aromatic N) is 1. The molecule has 0 saturated heterocycles. The van der Waals surface area contributed by atoms with E-state index in [1.807, 2.05) is 0 Å². The Morgan fingerprint density at radius 2 is 1.53 bits per heavy atom. The molecule has 0 amide bonds. The van der Waals surface area contributed by atoms with E-state index in [1.165, 1.54) is 5.32 Å². The van der Waals surface area contributed by atoms with Crippen molar-refractivity contribution < 1.29 is 30.7 Å². The average molecular weight is 264 g/mol. The molecule has 0 aliphatic heterocycles. The van der Waals surface area contributed by atoms with Crippen LogP contribution in [0.1, 0.15) is 0 Å². The smallest absolute Gasteiger partial charge is 0.285 e. The monoisotopic (exact) mass is 264 g/mol. The van der Waals surface area contributed by atoms with Gasteiger partial charge in [0.15, 0.2) is 5.83 Å². The molecule has 1 rings (SSSR count). The molecular formula is C8H7F7N2. The first-order chi connectivity index (χ1) is 7.57. The van der Waals surface area contributed by atoms with E-state index < -0.39 is 35.0 Å². The molecule has 0 aromatic rings. The fourth-order valence-electron chi connectivity index (χ4n) is 1.42. The summed E-state index contributed by atoms with van der Waals surface area (Å²) in [6.45, 7) is 0. The number of hydrogen-bond acceptors (Lipinski definition) is 2. The first kappa shape index (κ1) is 13.9. The minimum absolute atomic E-state index is 0.561.